The van der Waals surface area contributed by atoms with Crippen LogP contribution >= 0.6 is 11.8 Å². The summed E-state index contributed by atoms with van der Waals surface area (Å²) in [6.45, 7) is 9.89. The summed E-state index contributed by atoms with van der Waals surface area (Å²) >= 11 is 1.50. The molecule has 0 aliphatic heterocycles. The van der Waals surface area contributed by atoms with E-state index in [9.17, 15) is 18.0 Å². The van der Waals surface area contributed by atoms with Gasteiger partial charge in [-0.3, -0.25) is 4.79 Å². The van der Waals surface area contributed by atoms with Gasteiger partial charge in [-0.25, -0.2) is 4.98 Å². The molecule has 1 heterocycles. The van der Waals surface area contributed by atoms with Crippen LogP contribution in [-0.4, -0.2) is 15.9 Å². The number of aromatic amines is 1. The zero-order valence-electron chi connectivity index (χ0n) is 20.5. The number of hydrogen-bond acceptors (Lipinski definition) is 3. The maximum Gasteiger partial charge on any atom is 0.416 e. The fraction of sp³-hybridized carbons (Fsp3) is 0.259. The summed E-state index contributed by atoms with van der Waals surface area (Å²) in [7, 11) is 0. The lowest BCUT2D eigenvalue weighted by Gasteiger charge is -2.08. The number of carbonyl (C=O) groups is 1. The maximum absolute atomic E-state index is 12.9. The molecule has 0 bridgehead atoms. The van der Waals surface area contributed by atoms with E-state index in [1.807, 2.05) is 77.1 Å². The molecule has 0 radical (unpaired) electrons. The van der Waals surface area contributed by atoms with Gasteiger partial charge in [0.25, 0.3) is 5.91 Å². The van der Waals surface area contributed by atoms with Crippen molar-refractivity contribution in [3.63, 3.8) is 0 Å². The number of anilines is 1. The number of fused-ring (bicyclic) bond motifs is 1. The number of aromatic nitrogens is 2. The quantitative estimate of drug-likeness (QED) is 0.270. The molecule has 4 nitrogen and oxygen atoms in total. The van der Waals surface area contributed by atoms with Crippen LogP contribution in [0.4, 0.5) is 18.9 Å². The standard InChI is InChI=1S/C23H18F3N3OS.2C2H6/c1-14-4-2-3-5-18(14)22(30)27-16-7-9-17(10-8-16)31-13-21-28-19-11-6-15(23(24,25)26)12-20(19)29-21;2*1-2/h2-12H,13H2,1H3,(H,27,30)(H,28,29);2*1-2H3. The minimum atomic E-state index is -4.38. The molecule has 0 aliphatic carbocycles. The van der Waals surface area contributed by atoms with Crippen LogP contribution in [0, 0.1) is 6.92 Å². The number of aryl methyl sites for hydroxylation is 1. The lowest BCUT2D eigenvalue weighted by molar-refractivity contribution is -0.137. The Kier molecular flexibility index (Phi) is 10.4. The second-order valence-corrected chi connectivity index (χ2v) is 8.04. The van der Waals surface area contributed by atoms with Gasteiger partial charge in [0.2, 0.25) is 0 Å². The lowest BCUT2D eigenvalue weighted by Crippen LogP contribution is -2.13. The van der Waals surface area contributed by atoms with Crippen molar-refractivity contribution >= 4 is 34.4 Å². The first-order valence-corrected chi connectivity index (χ1v) is 12.4. The number of halogens is 3. The normalized spacial score (nSPS) is 10.6. The van der Waals surface area contributed by atoms with Gasteiger partial charge in [-0.2, -0.15) is 13.2 Å². The van der Waals surface area contributed by atoms with Crippen molar-refractivity contribution in [1.82, 2.24) is 9.97 Å². The molecular formula is C27H30F3N3OS. The second-order valence-electron chi connectivity index (χ2n) is 7.00. The summed E-state index contributed by atoms with van der Waals surface area (Å²) in [5.74, 6) is 0.903. The predicted octanol–water partition coefficient (Wildman–Crippen LogP) is 8.49. The highest BCUT2D eigenvalue weighted by Gasteiger charge is 2.30. The molecular weight excluding hydrogens is 471 g/mol. The topological polar surface area (TPSA) is 57.8 Å². The van der Waals surface area contributed by atoms with E-state index >= 15 is 0 Å². The Hall–Kier alpha value is -3.26. The highest BCUT2D eigenvalue weighted by Crippen LogP contribution is 2.31. The number of benzene rings is 3. The summed E-state index contributed by atoms with van der Waals surface area (Å²) in [6.07, 6.45) is -4.38. The molecule has 186 valence electrons. The number of carbonyl (C=O) groups excluding carboxylic acids is 1. The molecule has 0 spiro atoms. The number of nitrogens with one attached hydrogen (secondary N) is 2. The SMILES string of the molecule is CC.CC.Cc1ccccc1C(=O)Nc1ccc(SCc2nc3ccc(C(F)(F)F)cc3[nH]2)cc1. The van der Waals surface area contributed by atoms with Gasteiger partial charge < -0.3 is 10.3 Å². The molecule has 1 aromatic heterocycles. The van der Waals surface area contributed by atoms with E-state index in [2.05, 4.69) is 15.3 Å². The molecule has 0 fully saturated rings. The lowest BCUT2D eigenvalue weighted by atomic mass is 10.1. The first-order valence-electron chi connectivity index (χ1n) is 11.5. The molecule has 0 atom stereocenters. The fourth-order valence-corrected chi connectivity index (χ4v) is 3.89. The van der Waals surface area contributed by atoms with Gasteiger partial charge in [0.15, 0.2) is 0 Å². The van der Waals surface area contributed by atoms with E-state index in [1.54, 1.807) is 6.07 Å². The Morgan fingerprint density at radius 3 is 2.26 bits per heavy atom. The third-order valence-corrected chi connectivity index (χ3v) is 5.76. The number of H-pyrrole nitrogens is 1. The second kappa shape index (κ2) is 13.0. The number of imidazole rings is 1. The maximum atomic E-state index is 12.9. The Balaban J connectivity index is 0.00000103. The van der Waals surface area contributed by atoms with Gasteiger partial charge >= 0.3 is 6.18 Å². The number of amides is 1. The smallest absolute Gasteiger partial charge is 0.341 e. The third kappa shape index (κ3) is 7.62. The molecule has 1 amide bonds. The van der Waals surface area contributed by atoms with Crippen LogP contribution in [0.15, 0.2) is 71.6 Å². The van der Waals surface area contributed by atoms with Gasteiger partial charge in [-0.05, 0) is 61.0 Å². The van der Waals surface area contributed by atoms with Gasteiger partial charge in [-0.15, -0.1) is 11.8 Å². The highest BCUT2D eigenvalue weighted by molar-refractivity contribution is 7.98. The van der Waals surface area contributed by atoms with Crippen LogP contribution in [0.2, 0.25) is 0 Å². The third-order valence-electron chi connectivity index (χ3n) is 4.74. The van der Waals surface area contributed by atoms with E-state index < -0.39 is 11.7 Å². The molecule has 0 unspecified atom stereocenters. The monoisotopic (exact) mass is 501 g/mol. The number of thioether (sulfide) groups is 1. The Morgan fingerprint density at radius 1 is 0.971 bits per heavy atom. The molecule has 0 saturated carbocycles. The van der Waals surface area contributed by atoms with Crippen molar-refractivity contribution in [3.05, 3.63) is 89.2 Å². The van der Waals surface area contributed by atoms with Crippen molar-refractivity contribution < 1.29 is 18.0 Å². The van der Waals surface area contributed by atoms with E-state index in [4.69, 9.17) is 0 Å². The average Bonchev–Trinajstić information content (AvgIpc) is 3.28. The number of rotatable bonds is 5. The molecule has 35 heavy (non-hydrogen) atoms. The van der Waals surface area contributed by atoms with Crippen LogP contribution in [0.3, 0.4) is 0 Å². The zero-order valence-corrected chi connectivity index (χ0v) is 21.3. The zero-order chi connectivity index (χ0) is 26.0. The molecule has 3 aromatic carbocycles. The summed E-state index contributed by atoms with van der Waals surface area (Å²) in [5.41, 5.74) is 2.37. The van der Waals surface area contributed by atoms with Gasteiger partial charge in [0.05, 0.1) is 22.3 Å². The first-order chi connectivity index (χ1) is 16.8. The van der Waals surface area contributed by atoms with E-state index in [-0.39, 0.29) is 5.91 Å². The Morgan fingerprint density at radius 2 is 1.63 bits per heavy atom. The van der Waals surface area contributed by atoms with Crippen molar-refractivity contribution in [2.24, 2.45) is 0 Å². The molecule has 4 rings (SSSR count). The molecule has 0 saturated heterocycles. The summed E-state index contributed by atoms with van der Waals surface area (Å²) in [5, 5.41) is 2.88. The van der Waals surface area contributed by atoms with Gasteiger partial charge in [-0.1, -0.05) is 45.9 Å². The molecule has 8 heteroatoms. The minimum Gasteiger partial charge on any atom is -0.341 e. The van der Waals surface area contributed by atoms with Crippen molar-refractivity contribution in [2.75, 3.05) is 5.32 Å². The van der Waals surface area contributed by atoms with E-state index in [0.29, 0.717) is 33.9 Å². The van der Waals surface area contributed by atoms with E-state index in [1.165, 1.54) is 17.8 Å². The van der Waals surface area contributed by atoms with Crippen LogP contribution in [0.5, 0.6) is 0 Å². The Bertz CT molecular complexity index is 1230. The summed E-state index contributed by atoms with van der Waals surface area (Å²) in [6, 6.07) is 18.2. The predicted molar refractivity (Wildman–Crippen MR) is 139 cm³/mol. The summed E-state index contributed by atoms with van der Waals surface area (Å²) in [4.78, 5) is 20.7. The molecule has 2 N–H and O–H groups in total. The number of nitrogens with zero attached hydrogens (tertiary/aromatic N) is 1. The fourth-order valence-electron chi connectivity index (χ4n) is 3.12. The molecule has 4 aromatic rings. The Labute approximate surface area is 208 Å². The van der Waals surface area contributed by atoms with Crippen molar-refractivity contribution in [3.8, 4) is 0 Å². The van der Waals surface area contributed by atoms with Crippen molar-refractivity contribution in [2.45, 2.75) is 51.4 Å². The van der Waals surface area contributed by atoms with Crippen LogP contribution < -0.4 is 5.32 Å². The average molecular weight is 502 g/mol. The van der Waals surface area contributed by atoms with Crippen LogP contribution in [0.1, 0.15) is 55.0 Å². The number of hydrogen-bond donors (Lipinski definition) is 2. The first kappa shape index (κ1) is 28.0. The van der Waals surface area contributed by atoms with Gasteiger partial charge in [0, 0.05) is 16.1 Å². The largest absolute Gasteiger partial charge is 0.416 e. The van der Waals surface area contributed by atoms with Crippen molar-refractivity contribution in [1.29, 1.82) is 0 Å². The molecule has 0 aliphatic rings. The van der Waals surface area contributed by atoms with Crippen LogP contribution in [0.25, 0.3) is 11.0 Å². The summed E-state index contributed by atoms with van der Waals surface area (Å²) < 4.78 is 38.6. The van der Waals surface area contributed by atoms with Gasteiger partial charge in [0.1, 0.15) is 5.82 Å². The number of alkyl halides is 3. The highest BCUT2D eigenvalue weighted by atomic mass is 32.2. The minimum absolute atomic E-state index is 0.168. The van der Waals surface area contributed by atoms with Crippen LogP contribution in [-0.2, 0) is 11.9 Å². The van der Waals surface area contributed by atoms with E-state index in [0.717, 1.165) is 22.6 Å².